The van der Waals surface area contributed by atoms with Gasteiger partial charge in [-0.05, 0) is 31.4 Å². The average Bonchev–Trinajstić information content (AvgIpc) is 2.46. The summed E-state index contributed by atoms with van der Waals surface area (Å²) in [5.74, 6) is 0. The van der Waals surface area contributed by atoms with Crippen molar-refractivity contribution >= 4 is 10.9 Å². The number of fused-ring (bicyclic) bond motifs is 1. The van der Waals surface area contributed by atoms with E-state index >= 15 is 0 Å². The molecule has 0 amide bonds. The molecule has 0 saturated carbocycles. The van der Waals surface area contributed by atoms with Gasteiger partial charge in [-0.3, -0.25) is 4.98 Å². The van der Waals surface area contributed by atoms with E-state index in [0.717, 1.165) is 30.5 Å². The van der Waals surface area contributed by atoms with E-state index in [1.54, 1.807) is 0 Å². The van der Waals surface area contributed by atoms with Crippen molar-refractivity contribution in [3.8, 4) is 0 Å². The average molecular weight is 254 g/mol. The quantitative estimate of drug-likeness (QED) is 0.588. The van der Waals surface area contributed by atoms with Gasteiger partial charge in [0.15, 0.2) is 0 Å². The molecule has 100 valence electrons. The second-order valence-corrected chi connectivity index (χ2v) is 4.96. The molecule has 0 radical (unpaired) electrons. The van der Waals surface area contributed by atoms with Crippen molar-refractivity contribution in [2.45, 2.75) is 38.1 Å². The van der Waals surface area contributed by atoms with Crippen LogP contribution in [0.15, 0.2) is 49.1 Å². The Morgan fingerprint density at radius 3 is 2.79 bits per heavy atom. The number of nitrogens with two attached hydrogens (primary N) is 1. The van der Waals surface area contributed by atoms with Crippen molar-refractivity contribution < 1.29 is 0 Å². The third-order valence-corrected chi connectivity index (χ3v) is 3.42. The lowest BCUT2D eigenvalue weighted by molar-refractivity contribution is 0.564. The van der Waals surface area contributed by atoms with Gasteiger partial charge in [0.25, 0.3) is 0 Å². The summed E-state index contributed by atoms with van der Waals surface area (Å²) in [6.45, 7) is 3.74. The Labute approximate surface area is 115 Å². The van der Waals surface area contributed by atoms with Crippen LogP contribution in [-0.2, 0) is 0 Å². The SMILES string of the molecule is C=CCCCCCC(N)c1ccc2ccccc2n1. The van der Waals surface area contributed by atoms with Gasteiger partial charge in [-0.25, -0.2) is 0 Å². The fraction of sp³-hybridized carbons (Fsp3) is 0.353. The maximum atomic E-state index is 6.22. The standard InChI is InChI=1S/C17H22N2/c1-2-3-4-5-6-10-15(18)17-13-12-14-9-7-8-11-16(14)19-17/h2,7-9,11-13,15H,1,3-6,10,18H2. The molecule has 0 bridgehead atoms. The number of aromatic nitrogens is 1. The lowest BCUT2D eigenvalue weighted by Crippen LogP contribution is -2.11. The molecule has 0 spiro atoms. The van der Waals surface area contributed by atoms with Crippen molar-refractivity contribution in [1.29, 1.82) is 0 Å². The molecule has 19 heavy (non-hydrogen) atoms. The van der Waals surface area contributed by atoms with Crippen molar-refractivity contribution in [2.24, 2.45) is 5.73 Å². The lowest BCUT2D eigenvalue weighted by atomic mass is 10.0. The predicted octanol–water partition coefficient (Wildman–Crippen LogP) is 4.37. The van der Waals surface area contributed by atoms with Gasteiger partial charge in [-0.15, -0.1) is 6.58 Å². The molecule has 2 aromatic rings. The molecule has 1 aromatic carbocycles. The maximum Gasteiger partial charge on any atom is 0.0706 e. The van der Waals surface area contributed by atoms with Crippen LogP contribution in [0.5, 0.6) is 0 Å². The minimum atomic E-state index is 0.0494. The molecule has 1 atom stereocenters. The van der Waals surface area contributed by atoms with Crippen LogP contribution < -0.4 is 5.73 Å². The number of nitrogens with zero attached hydrogens (tertiary/aromatic N) is 1. The van der Waals surface area contributed by atoms with Crippen LogP contribution in [0.3, 0.4) is 0 Å². The fourth-order valence-electron chi connectivity index (χ4n) is 2.27. The first-order valence-corrected chi connectivity index (χ1v) is 7.03. The molecule has 2 heteroatoms. The highest BCUT2D eigenvalue weighted by Gasteiger charge is 2.07. The largest absolute Gasteiger partial charge is 0.323 e. The maximum absolute atomic E-state index is 6.22. The Kier molecular flexibility index (Phi) is 5.10. The van der Waals surface area contributed by atoms with E-state index in [1.807, 2.05) is 24.3 Å². The fourth-order valence-corrected chi connectivity index (χ4v) is 2.27. The summed E-state index contributed by atoms with van der Waals surface area (Å²) >= 11 is 0. The van der Waals surface area contributed by atoms with Crippen molar-refractivity contribution in [2.75, 3.05) is 0 Å². The highest BCUT2D eigenvalue weighted by Crippen LogP contribution is 2.19. The molecule has 0 aliphatic heterocycles. The van der Waals surface area contributed by atoms with Crippen molar-refractivity contribution in [1.82, 2.24) is 4.98 Å². The number of hydrogen-bond donors (Lipinski definition) is 1. The van der Waals surface area contributed by atoms with E-state index in [9.17, 15) is 0 Å². The second-order valence-electron chi connectivity index (χ2n) is 4.96. The third kappa shape index (κ3) is 3.90. The van der Waals surface area contributed by atoms with E-state index in [4.69, 9.17) is 5.73 Å². The van der Waals surface area contributed by atoms with Crippen LogP contribution in [0.25, 0.3) is 10.9 Å². The summed E-state index contributed by atoms with van der Waals surface area (Å²) < 4.78 is 0. The van der Waals surface area contributed by atoms with Crippen LogP contribution in [0.2, 0.25) is 0 Å². The van der Waals surface area contributed by atoms with Gasteiger partial charge in [0, 0.05) is 11.4 Å². The van der Waals surface area contributed by atoms with Gasteiger partial charge >= 0.3 is 0 Å². The Balaban J connectivity index is 1.93. The highest BCUT2D eigenvalue weighted by atomic mass is 14.8. The first kappa shape index (κ1) is 13.8. The molecule has 0 aliphatic rings. The second kappa shape index (κ2) is 7.05. The van der Waals surface area contributed by atoms with Crippen LogP contribution in [0.4, 0.5) is 0 Å². The first-order valence-electron chi connectivity index (χ1n) is 7.03. The monoisotopic (exact) mass is 254 g/mol. The van der Waals surface area contributed by atoms with E-state index in [2.05, 4.69) is 29.8 Å². The lowest BCUT2D eigenvalue weighted by Gasteiger charge is -2.11. The number of para-hydroxylation sites is 1. The number of allylic oxidation sites excluding steroid dienone is 1. The molecule has 1 heterocycles. The van der Waals surface area contributed by atoms with E-state index < -0.39 is 0 Å². The highest BCUT2D eigenvalue weighted by molar-refractivity contribution is 5.78. The Bertz CT molecular complexity index is 534. The third-order valence-electron chi connectivity index (χ3n) is 3.42. The Hall–Kier alpha value is -1.67. The van der Waals surface area contributed by atoms with E-state index in [0.29, 0.717) is 0 Å². The van der Waals surface area contributed by atoms with Gasteiger partial charge in [-0.2, -0.15) is 0 Å². The molecule has 2 rings (SSSR count). The zero-order valence-electron chi connectivity index (χ0n) is 11.4. The number of benzene rings is 1. The van der Waals surface area contributed by atoms with Crippen LogP contribution in [0.1, 0.15) is 43.8 Å². The molecule has 1 aromatic heterocycles. The van der Waals surface area contributed by atoms with Crippen LogP contribution in [-0.4, -0.2) is 4.98 Å². The smallest absolute Gasteiger partial charge is 0.0706 e. The summed E-state index contributed by atoms with van der Waals surface area (Å²) in [5, 5.41) is 1.17. The molecular formula is C17H22N2. The van der Waals surface area contributed by atoms with E-state index in [-0.39, 0.29) is 6.04 Å². The van der Waals surface area contributed by atoms with Gasteiger partial charge in [-0.1, -0.05) is 43.2 Å². The van der Waals surface area contributed by atoms with Gasteiger partial charge in [0.1, 0.15) is 0 Å². The predicted molar refractivity (Wildman–Crippen MR) is 82.0 cm³/mol. The minimum absolute atomic E-state index is 0.0494. The zero-order chi connectivity index (χ0) is 13.5. The Morgan fingerprint density at radius 2 is 1.95 bits per heavy atom. The van der Waals surface area contributed by atoms with Gasteiger partial charge < -0.3 is 5.73 Å². The van der Waals surface area contributed by atoms with Gasteiger partial charge in [0.05, 0.1) is 11.2 Å². The molecule has 2 N–H and O–H groups in total. The molecule has 0 saturated heterocycles. The van der Waals surface area contributed by atoms with E-state index in [1.165, 1.54) is 18.2 Å². The summed E-state index contributed by atoms with van der Waals surface area (Å²) in [7, 11) is 0. The molecular weight excluding hydrogens is 232 g/mol. The van der Waals surface area contributed by atoms with Crippen molar-refractivity contribution in [3.63, 3.8) is 0 Å². The first-order chi connectivity index (χ1) is 9.31. The summed E-state index contributed by atoms with van der Waals surface area (Å²) in [6, 6.07) is 12.4. The number of unbranched alkanes of at least 4 members (excludes halogenated alkanes) is 3. The summed E-state index contributed by atoms with van der Waals surface area (Å²) in [4.78, 5) is 4.65. The number of rotatable bonds is 7. The van der Waals surface area contributed by atoms with Crippen LogP contribution in [0, 0.1) is 0 Å². The summed E-state index contributed by atoms with van der Waals surface area (Å²) in [5.41, 5.74) is 8.25. The molecule has 0 aliphatic carbocycles. The molecule has 1 unspecified atom stereocenters. The zero-order valence-corrected chi connectivity index (χ0v) is 11.4. The summed E-state index contributed by atoms with van der Waals surface area (Å²) in [6.07, 6.45) is 7.66. The van der Waals surface area contributed by atoms with Gasteiger partial charge in [0.2, 0.25) is 0 Å². The normalized spacial score (nSPS) is 12.5. The molecule has 2 nitrogen and oxygen atoms in total. The Morgan fingerprint density at radius 1 is 1.11 bits per heavy atom. The molecule has 0 fully saturated rings. The topological polar surface area (TPSA) is 38.9 Å². The van der Waals surface area contributed by atoms with Crippen molar-refractivity contribution in [3.05, 3.63) is 54.7 Å². The van der Waals surface area contributed by atoms with Crippen LogP contribution >= 0.6 is 0 Å². The minimum Gasteiger partial charge on any atom is -0.323 e. The number of pyridine rings is 1. The number of hydrogen-bond acceptors (Lipinski definition) is 2.